The number of rotatable bonds is 3. The van der Waals surface area contributed by atoms with E-state index in [1.807, 2.05) is 12.1 Å². The number of hydrogen-bond acceptors (Lipinski definition) is 3. The summed E-state index contributed by atoms with van der Waals surface area (Å²) in [7, 11) is 0. The van der Waals surface area contributed by atoms with Crippen molar-refractivity contribution >= 4 is 11.7 Å². The van der Waals surface area contributed by atoms with Crippen molar-refractivity contribution in [1.82, 2.24) is 5.32 Å². The number of aliphatic carboxylic acids is 1. The second-order valence-corrected chi connectivity index (χ2v) is 4.54. The molecule has 4 N–H and O–H groups in total. The molecule has 0 spiro atoms. The number of nitrogens with one attached hydrogen (secondary N) is 1. The molecular formula is C13H18N2O2. The van der Waals surface area contributed by atoms with E-state index in [9.17, 15) is 9.90 Å². The van der Waals surface area contributed by atoms with Crippen molar-refractivity contribution < 1.29 is 9.90 Å². The van der Waals surface area contributed by atoms with Crippen molar-refractivity contribution in [3.05, 3.63) is 29.8 Å². The van der Waals surface area contributed by atoms with E-state index in [0.717, 1.165) is 31.4 Å². The highest BCUT2D eigenvalue weighted by Gasteiger charge is 2.30. The number of hydrogen-bond donors (Lipinski definition) is 3. The molecule has 0 radical (unpaired) electrons. The number of nitrogens with two attached hydrogens (primary N) is 1. The van der Waals surface area contributed by atoms with Gasteiger partial charge < -0.3 is 16.2 Å². The maximum absolute atomic E-state index is 11.4. The van der Waals surface area contributed by atoms with E-state index >= 15 is 0 Å². The van der Waals surface area contributed by atoms with Crippen LogP contribution in [0.25, 0.3) is 0 Å². The summed E-state index contributed by atoms with van der Waals surface area (Å²) in [6.45, 7) is 0.900. The van der Waals surface area contributed by atoms with Crippen LogP contribution in [0.3, 0.4) is 0 Å². The molecule has 4 nitrogen and oxygen atoms in total. The highest BCUT2D eigenvalue weighted by Crippen LogP contribution is 2.26. The van der Waals surface area contributed by atoms with Crippen molar-refractivity contribution in [2.75, 3.05) is 12.3 Å². The lowest BCUT2D eigenvalue weighted by atomic mass is 9.86. The van der Waals surface area contributed by atoms with Crippen LogP contribution in [0.1, 0.15) is 30.7 Å². The normalized spacial score (nSPS) is 22.0. The highest BCUT2D eigenvalue weighted by atomic mass is 16.4. The third kappa shape index (κ3) is 2.77. The Morgan fingerprint density at radius 2 is 2.29 bits per heavy atom. The molecule has 92 valence electrons. The monoisotopic (exact) mass is 234 g/mol. The molecule has 0 aliphatic carbocycles. The first kappa shape index (κ1) is 11.9. The van der Waals surface area contributed by atoms with Gasteiger partial charge >= 0.3 is 5.97 Å². The Labute approximate surface area is 101 Å². The third-order valence-electron chi connectivity index (χ3n) is 3.29. The van der Waals surface area contributed by atoms with Crippen LogP contribution in [0.2, 0.25) is 0 Å². The number of anilines is 1. The molecule has 0 amide bonds. The van der Waals surface area contributed by atoms with Crippen LogP contribution in [0.4, 0.5) is 5.69 Å². The van der Waals surface area contributed by atoms with Gasteiger partial charge in [-0.3, -0.25) is 4.79 Å². The van der Waals surface area contributed by atoms with Gasteiger partial charge in [0.1, 0.15) is 0 Å². The summed E-state index contributed by atoms with van der Waals surface area (Å²) < 4.78 is 0. The van der Waals surface area contributed by atoms with Crippen LogP contribution in [0, 0.1) is 0 Å². The summed E-state index contributed by atoms with van der Waals surface area (Å²) in [5.41, 5.74) is 7.12. The van der Waals surface area contributed by atoms with E-state index in [2.05, 4.69) is 5.32 Å². The number of carbonyl (C=O) groups is 1. The summed E-state index contributed by atoms with van der Waals surface area (Å²) in [6, 6.07) is 7.20. The van der Waals surface area contributed by atoms with Gasteiger partial charge in [0.15, 0.2) is 0 Å². The summed E-state index contributed by atoms with van der Waals surface area (Å²) in [5.74, 6) is -1.28. The molecule has 0 saturated carbocycles. The van der Waals surface area contributed by atoms with Gasteiger partial charge in [-0.15, -0.1) is 0 Å². The van der Waals surface area contributed by atoms with Crippen LogP contribution in [-0.4, -0.2) is 23.7 Å². The maximum Gasteiger partial charge on any atom is 0.312 e. The lowest BCUT2D eigenvalue weighted by Gasteiger charge is -2.29. The second kappa shape index (κ2) is 5.19. The topological polar surface area (TPSA) is 75.4 Å². The van der Waals surface area contributed by atoms with E-state index < -0.39 is 11.9 Å². The molecule has 17 heavy (non-hydrogen) atoms. The van der Waals surface area contributed by atoms with Crippen molar-refractivity contribution in [2.24, 2.45) is 0 Å². The van der Waals surface area contributed by atoms with Crippen molar-refractivity contribution in [2.45, 2.75) is 31.2 Å². The molecular weight excluding hydrogens is 216 g/mol. The Morgan fingerprint density at radius 1 is 1.47 bits per heavy atom. The molecule has 2 rings (SSSR count). The Kier molecular flexibility index (Phi) is 3.64. The van der Waals surface area contributed by atoms with Crippen molar-refractivity contribution in [3.63, 3.8) is 0 Å². The number of nitrogen functional groups attached to an aromatic ring is 1. The second-order valence-electron chi connectivity index (χ2n) is 4.54. The largest absolute Gasteiger partial charge is 0.481 e. The van der Waals surface area contributed by atoms with Gasteiger partial charge in [0.05, 0.1) is 5.92 Å². The minimum atomic E-state index is -0.782. The fraction of sp³-hybridized carbons (Fsp3) is 0.462. The Bertz CT molecular complexity index is 400. The van der Waals surface area contributed by atoms with Gasteiger partial charge in [0.25, 0.3) is 0 Å². The molecule has 0 bridgehead atoms. The van der Waals surface area contributed by atoms with E-state index in [-0.39, 0.29) is 6.04 Å². The molecule has 1 aliphatic heterocycles. The zero-order valence-electron chi connectivity index (χ0n) is 9.73. The molecule has 1 aromatic rings. The quantitative estimate of drug-likeness (QED) is 0.694. The maximum atomic E-state index is 11.4. The van der Waals surface area contributed by atoms with Crippen LogP contribution in [0.5, 0.6) is 0 Å². The fourth-order valence-electron chi connectivity index (χ4n) is 2.46. The van der Waals surface area contributed by atoms with Gasteiger partial charge in [-0.2, -0.15) is 0 Å². The molecule has 1 aromatic carbocycles. The van der Waals surface area contributed by atoms with Crippen LogP contribution >= 0.6 is 0 Å². The minimum absolute atomic E-state index is 0.0167. The molecule has 4 heteroatoms. The molecule has 1 aliphatic rings. The lowest BCUT2D eigenvalue weighted by Crippen LogP contribution is -2.41. The summed E-state index contributed by atoms with van der Waals surface area (Å²) in [6.07, 6.45) is 3.12. The van der Waals surface area contributed by atoms with E-state index in [4.69, 9.17) is 5.73 Å². The number of piperidine rings is 1. The predicted molar refractivity (Wildman–Crippen MR) is 66.9 cm³/mol. The first-order valence-corrected chi connectivity index (χ1v) is 6.00. The van der Waals surface area contributed by atoms with E-state index in [0.29, 0.717) is 5.69 Å². The first-order chi connectivity index (χ1) is 8.18. The lowest BCUT2D eigenvalue weighted by molar-refractivity contribution is -0.139. The molecule has 0 aromatic heterocycles. The fourth-order valence-corrected chi connectivity index (χ4v) is 2.46. The smallest absolute Gasteiger partial charge is 0.312 e. The number of carboxylic acids is 1. The van der Waals surface area contributed by atoms with Crippen LogP contribution < -0.4 is 11.1 Å². The van der Waals surface area contributed by atoms with Gasteiger partial charge in [0.2, 0.25) is 0 Å². The van der Waals surface area contributed by atoms with Gasteiger partial charge in [-0.05, 0) is 37.1 Å². The van der Waals surface area contributed by atoms with Gasteiger partial charge in [-0.1, -0.05) is 18.6 Å². The average Bonchev–Trinajstić information content (AvgIpc) is 2.30. The van der Waals surface area contributed by atoms with Gasteiger partial charge in [0, 0.05) is 11.7 Å². The molecule has 0 unspecified atom stereocenters. The summed E-state index contributed by atoms with van der Waals surface area (Å²) in [4.78, 5) is 11.4. The van der Waals surface area contributed by atoms with Crippen molar-refractivity contribution in [3.8, 4) is 0 Å². The predicted octanol–water partition coefficient (Wildman–Crippen LogP) is 1.58. The third-order valence-corrected chi connectivity index (χ3v) is 3.29. The minimum Gasteiger partial charge on any atom is -0.481 e. The summed E-state index contributed by atoms with van der Waals surface area (Å²) in [5, 5.41) is 12.7. The van der Waals surface area contributed by atoms with Crippen molar-refractivity contribution in [1.29, 1.82) is 0 Å². The highest BCUT2D eigenvalue weighted by molar-refractivity contribution is 5.77. The Hall–Kier alpha value is -1.55. The van der Waals surface area contributed by atoms with E-state index in [1.54, 1.807) is 12.1 Å². The molecule has 1 heterocycles. The molecule has 2 atom stereocenters. The zero-order valence-corrected chi connectivity index (χ0v) is 9.73. The van der Waals surface area contributed by atoms with Crippen LogP contribution in [-0.2, 0) is 4.79 Å². The molecule has 1 fully saturated rings. The Balaban J connectivity index is 2.25. The summed E-state index contributed by atoms with van der Waals surface area (Å²) >= 11 is 0. The Morgan fingerprint density at radius 3 is 2.88 bits per heavy atom. The zero-order chi connectivity index (χ0) is 12.3. The number of carboxylic acid groups (broad SMARTS) is 1. The van der Waals surface area contributed by atoms with Gasteiger partial charge in [-0.25, -0.2) is 0 Å². The average molecular weight is 234 g/mol. The van der Waals surface area contributed by atoms with Crippen LogP contribution in [0.15, 0.2) is 24.3 Å². The first-order valence-electron chi connectivity index (χ1n) is 6.00. The standard InChI is InChI=1S/C13H18N2O2/c14-10-5-3-4-9(8-10)12(13(16)17)11-6-1-2-7-15-11/h3-5,8,11-12,15H,1-2,6-7,14H2,(H,16,17)/t11-,12-/m0/s1. The SMILES string of the molecule is Nc1cccc([C@H](C(=O)O)[C@@H]2CCCCN2)c1. The van der Waals surface area contributed by atoms with E-state index in [1.165, 1.54) is 0 Å². The molecule has 1 saturated heterocycles. The number of benzene rings is 1.